The van der Waals surface area contributed by atoms with Crippen LogP contribution in [0.15, 0.2) is 34.1 Å². The summed E-state index contributed by atoms with van der Waals surface area (Å²) in [6.07, 6.45) is 3.70. The molecule has 3 unspecified atom stereocenters. The van der Waals surface area contributed by atoms with E-state index < -0.39 is 35.7 Å². The molecule has 0 heterocycles. The zero-order valence-electron chi connectivity index (χ0n) is 12.3. The Labute approximate surface area is 135 Å². The van der Waals surface area contributed by atoms with E-state index in [2.05, 4.69) is 0 Å². The van der Waals surface area contributed by atoms with Crippen LogP contribution in [0.1, 0.15) is 25.7 Å². The van der Waals surface area contributed by atoms with E-state index in [9.17, 15) is 21.6 Å². The smallest absolute Gasteiger partial charge is 0.265 e. The van der Waals surface area contributed by atoms with Crippen LogP contribution < -0.4 is 9.86 Å². The van der Waals surface area contributed by atoms with Crippen molar-refractivity contribution in [3.05, 3.63) is 24.3 Å². The summed E-state index contributed by atoms with van der Waals surface area (Å²) in [7, 11) is -8.50. The van der Waals surface area contributed by atoms with Gasteiger partial charge in [-0.1, -0.05) is 18.6 Å². The van der Waals surface area contributed by atoms with Crippen LogP contribution in [0, 0.1) is 17.8 Å². The van der Waals surface area contributed by atoms with Gasteiger partial charge in [0.25, 0.3) is 10.0 Å². The molecule has 3 rings (SSSR count). The lowest BCUT2D eigenvalue weighted by Crippen LogP contribution is -2.38. The van der Waals surface area contributed by atoms with E-state index in [1.807, 2.05) is 4.72 Å². The average molecular weight is 358 g/mol. The van der Waals surface area contributed by atoms with Crippen molar-refractivity contribution in [2.24, 2.45) is 22.9 Å². The second kappa shape index (κ2) is 5.57. The van der Waals surface area contributed by atoms with Crippen LogP contribution in [-0.4, -0.2) is 22.7 Å². The minimum atomic E-state index is -4.29. The number of hydrogen-bond donors (Lipinski definition) is 2. The average Bonchev–Trinajstić information content (AvgIpc) is 3.08. The fourth-order valence-electron chi connectivity index (χ4n) is 3.74. The lowest BCUT2D eigenvalue weighted by molar-refractivity contribution is -0.124. The molecule has 0 aliphatic heterocycles. The Kier molecular flexibility index (Phi) is 3.97. The molecule has 23 heavy (non-hydrogen) atoms. The molecule has 0 radical (unpaired) electrons. The molecule has 0 spiro atoms. The zero-order chi connectivity index (χ0) is 16.8. The summed E-state index contributed by atoms with van der Waals surface area (Å²) in [6.45, 7) is 0. The molecule has 2 fully saturated rings. The molecular formula is C14H18N2O5S2. The lowest BCUT2D eigenvalue weighted by Gasteiger charge is -2.21. The molecule has 3 N–H and O–H groups in total. The molecule has 0 saturated heterocycles. The highest BCUT2D eigenvalue weighted by Gasteiger charge is 2.44. The third-order valence-corrected chi connectivity index (χ3v) is 7.26. The van der Waals surface area contributed by atoms with Gasteiger partial charge in [-0.05, 0) is 43.2 Å². The summed E-state index contributed by atoms with van der Waals surface area (Å²) in [4.78, 5) is 11.3. The number of nitrogens with two attached hydrogens (primary N) is 1. The number of rotatable bonds is 4. The monoisotopic (exact) mass is 358 g/mol. The lowest BCUT2D eigenvalue weighted by atomic mass is 9.88. The van der Waals surface area contributed by atoms with Crippen molar-refractivity contribution in [2.45, 2.75) is 35.5 Å². The fourth-order valence-corrected chi connectivity index (χ4v) is 6.15. The molecule has 9 heteroatoms. The standard InChI is InChI=1S/C14H18N2O5S2/c15-22(18,19)12-3-1-2-4-13(12)23(20,21)16-14(17)11-8-9-5-6-10(11)7-9/h1-4,9-11H,5-8H2,(H,16,17)(H2,15,18,19). The predicted octanol–water partition coefficient (Wildman–Crippen LogP) is 0.575. The first-order valence-electron chi connectivity index (χ1n) is 7.37. The first-order valence-corrected chi connectivity index (χ1v) is 10.4. The van der Waals surface area contributed by atoms with Crippen LogP contribution in [0.4, 0.5) is 0 Å². The van der Waals surface area contributed by atoms with Gasteiger partial charge >= 0.3 is 0 Å². The predicted molar refractivity (Wildman–Crippen MR) is 82.1 cm³/mol. The van der Waals surface area contributed by atoms with Gasteiger partial charge < -0.3 is 0 Å². The summed E-state index contributed by atoms with van der Waals surface area (Å²) in [5.74, 6) is -0.148. The number of fused-ring (bicyclic) bond motifs is 2. The molecule has 2 aliphatic carbocycles. The summed E-state index contributed by atoms with van der Waals surface area (Å²) < 4.78 is 50.0. The van der Waals surface area contributed by atoms with Gasteiger partial charge in [-0.25, -0.2) is 26.7 Å². The third kappa shape index (κ3) is 3.13. The quantitative estimate of drug-likeness (QED) is 0.814. The van der Waals surface area contributed by atoms with E-state index >= 15 is 0 Å². The van der Waals surface area contributed by atoms with Crippen molar-refractivity contribution in [1.82, 2.24) is 4.72 Å². The maximum atomic E-state index is 12.4. The van der Waals surface area contributed by atoms with Gasteiger partial charge in [-0.15, -0.1) is 0 Å². The number of sulfonamides is 2. The number of carbonyl (C=O) groups is 1. The van der Waals surface area contributed by atoms with Gasteiger partial charge in [0, 0.05) is 5.92 Å². The number of hydrogen-bond acceptors (Lipinski definition) is 5. The van der Waals surface area contributed by atoms with Crippen molar-refractivity contribution >= 4 is 26.0 Å². The molecule has 126 valence electrons. The maximum Gasteiger partial charge on any atom is 0.265 e. The van der Waals surface area contributed by atoms with Gasteiger partial charge in [0.15, 0.2) is 0 Å². The molecule has 2 aliphatic rings. The number of amides is 1. The largest absolute Gasteiger partial charge is 0.274 e. The molecule has 7 nitrogen and oxygen atoms in total. The van der Waals surface area contributed by atoms with Crippen molar-refractivity contribution < 1.29 is 21.6 Å². The topological polar surface area (TPSA) is 123 Å². The second-order valence-electron chi connectivity index (χ2n) is 6.24. The molecule has 1 amide bonds. The van der Waals surface area contributed by atoms with Gasteiger partial charge in [-0.3, -0.25) is 4.79 Å². The van der Waals surface area contributed by atoms with Gasteiger partial charge in [0.05, 0.1) is 0 Å². The second-order valence-corrected chi connectivity index (χ2v) is 9.42. The van der Waals surface area contributed by atoms with E-state index in [-0.39, 0.29) is 11.8 Å². The Hall–Kier alpha value is -1.45. The van der Waals surface area contributed by atoms with E-state index in [0.29, 0.717) is 12.3 Å². The Balaban J connectivity index is 1.87. The van der Waals surface area contributed by atoms with Crippen LogP contribution >= 0.6 is 0 Å². The van der Waals surface area contributed by atoms with E-state index in [1.54, 1.807) is 0 Å². The van der Waals surface area contributed by atoms with E-state index in [1.165, 1.54) is 12.1 Å². The molecule has 1 aromatic carbocycles. The van der Waals surface area contributed by atoms with Gasteiger partial charge in [0.1, 0.15) is 9.79 Å². The van der Waals surface area contributed by atoms with Crippen molar-refractivity contribution in [3.63, 3.8) is 0 Å². The molecule has 3 atom stereocenters. The minimum Gasteiger partial charge on any atom is -0.274 e. The SMILES string of the molecule is NS(=O)(=O)c1ccccc1S(=O)(=O)NC(=O)C1CC2CCC1C2. The summed E-state index contributed by atoms with van der Waals surface area (Å²) in [5.41, 5.74) is 0. The molecule has 0 aromatic heterocycles. The van der Waals surface area contributed by atoms with Crippen molar-refractivity contribution in [3.8, 4) is 0 Å². The number of benzene rings is 1. The van der Waals surface area contributed by atoms with Gasteiger partial charge in [0.2, 0.25) is 15.9 Å². The molecular weight excluding hydrogens is 340 g/mol. The first-order chi connectivity index (χ1) is 10.7. The minimum absolute atomic E-state index is 0.226. The normalized spacial score (nSPS) is 27.1. The van der Waals surface area contributed by atoms with Crippen LogP contribution in [0.3, 0.4) is 0 Å². The molecule has 2 saturated carbocycles. The summed E-state index contributed by atoms with van der Waals surface area (Å²) >= 11 is 0. The summed E-state index contributed by atoms with van der Waals surface area (Å²) in [6, 6.07) is 4.98. The van der Waals surface area contributed by atoms with Crippen molar-refractivity contribution in [1.29, 1.82) is 0 Å². The summed E-state index contributed by atoms with van der Waals surface area (Å²) in [5, 5.41) is 5.05. The van der Waals surface area contributed by atoms with Crippen LogP contribution in [0.25, 0.3) is 0 Å². The fraction of sp³-hybridized carbons (Fsp3) is 0.500. The highest BCUT2D eigenvalue weighted by Crippen LogP contribution is 2.48. The Bertz CT molecular complexity index is 848. The van der Waals surface area contributed by atoms with E-state index in [4.69, 9.17) is 5.14 Å². The Morgan fingerprint density at radius 2 is 1.70 bits per heavy atom. The highest BCUT2D eigenvalue weighted by molar-refractivity contribution is 7.92. The number of carbonyl (C=O) groups excluding carboxylic acids is 1. The Morgan fingerprint density at radius 1 is 1.04 bits per heavy atom. The maximum absolute atomic E-state index is 12.4. The number of primary sulfonamides is 1. The molecule has 1 aromatic rings. The third-order valence-electron chi connectivity index (χ3n) is 4.76. The van der Waals surface area contributed by atoms with Crippen LogP contribution in [0.5, 0.6) is 0 Å². The van der Waals surface area contributed by atoms with Crippen LogP contribution in [0.2, 0.25) is 0 Å². The molecule has 2 bridgehead atoms. The van der Waals surface area contributed by atoms with Crippen molar-refractivity contribution in [2.75, 3.05) is 0 Å². The zero-order valence-corrected chi connectivity index (χ0v) is 13.9. The van der Waals surface area contributed by atoms with Gasteiger partial charge in [-0.2, -0.15) is 0 Å². The van der Waals surface area contributed by atoms with Crippen LogP contribution in [-0.2, 0) is 24.8 Å². The highest BCUT2D eigenvalue weighted by atomic mass is 32.2. The first kappa shape index (κ1) is 16.4. The Morgan fingerprint density at radius 3 is 2.22 bits per heavy atom. The number of nitrogens with one attached hydrogen (secondary N) is 1. The van der Waals surface area contributed by atoms with E-state index in [0.717, 1.165) is 31.4 Å².